The minimum absolute atomic E-state index is 0.0277. The molecule has 0 radical (unpaired) electrons. The standard InChI is InChI=1S/C10H13N3O2S2/c11-17(14,15)8-2-7-16-10-4-1-3-9-12-5-6-13(9)10/h1,3-6H,2,7-8H2,(H2,11,14,15). The zero-order valence-electron chi connectivity index (χ0n) is 9.11. The molecule has 0 aliphatic rings. The molecule has 0 amide bonds. The second-order valence-electron chi connectivity index (χ2n) is 3.59. The zero-order valence-corrected chi connectivity index (χ0v) is 10.7. The Morgan fingerprint density at radius 1 is 1.41 bits per heavy atom. The Labute approximate surface area is 104 Å². The number of aromatic nitrogens is 2. The summed E-state index contributed by atoms with van der Waals surface area (Å²) in [5, 5.41) is 5.99. The summed E-state index contributed by atoms with van der Waals surface area (Å²) in [6, 6.07) is 5.84. The van der Waals surface area contributed by atoms with E-state index in [4.69, 9.17) is 5.14 Å². The van der Waals surface area contributed by atoms with Crippen molar-refractivity contribution in [2.24, 2.45) is 5.14 Å². The minimum Gasteiger partial charge on any atom is -0.294 e. The highest BCUT2D eigenvalue weighted by atomic mass is 32.2. The van der Waals surface area contributed by atoms with Crippen molar-refractivity contribution in [1.82, 2.24) is 9.38 Å². The van der Waals surface area contributed by atoms with E-state index in [9.17, 15) is 8.42 Å². The van der Waals surface area contributed by atoms with Gasteiger partial charge >= 0.3 is 0 Å². The highest BCUT2D eigenvalue weighted by Gasteiger charge is 2.04. The summed E-state index contributed by atoms with van der Waals surface area (Å²) in [6.45, 7) is 0. The van der Waals surface area contributed by atoms with Gasteiger partial charge in [0, 0.05) is 18.1 Å². The Morgan fingerprint density at radius 3 is 3.00 bits per heavy atom. The normalized spacial score (nSPS) is 12.1. The van der Waals surface area contributed by atoms with Crippen molar-refractivity contribution < 1.29 is 8.42 Å². The molecule has 0 bridgehead atoms. The molecule has 0 atom stereocenters. The number of thioether (sulfide) groups is 1. The SMILES string of the molecule is NS(=O)(=O)CCCSc1cccc2nccn12. The van der Waals surface area contributed by atoms with E-state index in [1.54, 1.807) is 18.0 Å². The van der Waals surface area contributed by atoms with Crippen LogP contribution in [-0.2, 0) is 10.0 Å². The topological polar surface area (TPSA) is 77.5 Å². The quantitative estimate of drug-likeness (QED) is 0.652. The van der Waals surface area contributed by atoms with Crippen LogP contribution < -0.4 is 5.14 Å². The zero-order chi connectivity index (χ0) is 12.3. The van der Waals surface area contributed by atoms with E-state index in [-0.39, 0.29) is 5.75 Å². The van der Waals surface area contributed by atoms with Gasteiger partial charge in [0.2, 0.25) is 10.0 Å². The van der Waals surface area contributed by atoms with Gasteiger partial charge in [-0.2, -0.15) is 0 Å². The van der Waals surface area contributed by atoms with Gasteiger partial charge in [-0.3, -0.25) is 4.40 Å². The first-order valence-corrected chi connectivity index (χ1v) is 7.82. The van der Waals surface area contributed by atoms with Crippen LogP contribution in [0.15, 0.2) is 35.6 Å². The molecule has 92 valence electrons. The summed E-state index contributed by atoms with van der Waals surface area (Å²) in [7, 11) is -3.34. The van der Waals surface area contributed by atoms with Crippen LogP contribution in [-0.4, -0.2) is 29.3 Å². The Morgan fingerprint density at radius 2 is 2.24 bits per heavy atom. The number of fused-ring (bicyclic) bond motifs is 1. The first-order chi connectivity index (χ1) is 8.06. The number of imidazole rings is 1. The molecule has 2 rings (SSSR count). The van der Waals surface area contributed by atoms with Crippen molar-refractivity contribution in [1.29, 1.82) is 0 Å². The summed E-state index contributed by atoms with van der Waals surface area (Å²) in [5.41, 5.74) is 0.890. The van der Waals surface area contributed by atoms with E-state index >= 15 is 0 Å². The summed E-state index contributed by atoms with van der Waals surface area (Å²) < 4.78 is 23.5. The van der Waals surface area contributed by atoms with Gasteiger partial charge in [0.15, 0.2) is 0 Å². The van der Waals surface area contributed by atoms with Gasteiger partial charge in [-0.1, -0.05) is 6.07 Å². The van der Waals surface area contributed by atoms with Crippen molar-refractivity contribution in [3.63, 3.8) is 0 Å². The number of hydrogen-bond donors (Lipinski definition) is 1. The molecule has 5 nitrogen and oxygen atoms in total. The molecule has 0 aliphatic heterocycles. The smallest absolute Gasteiger partial charge is 0.209 e. The van der Waals surface area contributed by atoms with Crippen LogP contribution in [0.5, 0.6) is 0 Å². The van der Waals surface area contributed by atoms with Crippen molar-refractivity contribution in [2.45, 2.75) is 11.4 Å². The lowest BCUT2D eigenvalue weighted by Gasteiger charge is -2.04. The molecule has 2 aromatic heterocycles. The Kier molecular flexibility index (Phi) is 3.70. The lowest BCUT2D eigenvalue weighted by Crippen LogP contribution is -2.16. The number of nitrogens with zero attached hydrogens (tertiary/aromatic N) is 2. The van der Waals surface area contributed by atoms with E-state index in [2.05, 4.69) is 4.98 Å². The molecular formula is C10H13N3O2S2. The van der Waals surface area contributed by atoms with Crippen LogP contribution in [0.1, 0.15) is 6.42 Å². The van der Waals surface area contributed by atoms with Gasteiger partial charge in [-0.25, -0.2) is 18.5 Å². The minimum atomic E-state index is -3.34. The fraction of sp³-hybridized carbons (Fsp3) is 0.300. The fourth-order valence-electron chi connectivity index (χ4n) is 1.48. The average Bonchev–Trinajstić information content (AvgIpc) is 2.71. The number of hydrogen-bond acceptors (Lipinski definition) is 4. The lowest BCUT2D eigenvalue weighted by atomic mass is 10.5. The van der Waals surface area contributed by atoms with Crippen LogP contribution in [0.3, 0.4) is 0 Å². The molecule has 2 heterocycles. The molecule has 0 fully saturated rings. The van der Waals surface area contributed by atoms with Crippen molar-refractivity contribution in [3.05, 3.63) is 30.6 Å². The van der Waals surface area contributed by atoms with Crippen molar-refractivity contribution >= 4 is 27.4 Å². The van der Waals surface area contributed by atoms with Gasteiger partial charge in [0.1, 0.15) is 5.65 Å². The van der Waals surface area contributed by atoms with Gasteiger partial charge in [-0.15, -0.1) is 11.8 Å². The van der Waals surface area contributed by atoms with E-state index in [0.717, 1.165) is 10.7 Å². The Balaban J connectivity index is 1.97. The first-order valence-electron chi connectivity index (χ1n) is 5.12. The maximum Gasteiger partial charge on any atom is 0.209 e. The summed E-state index contributed by atoms with van der Waals surface area (Å²) in [4.78, 5) is 4.18. The van der Waals surface area contributed by atoms with Crippen LogP contribution in [0, 0.1) is 0 Å². The van der Waals surface area contributed by atoms with E-state index in [1.807, 2.05) is 28.8 Å². The number of nitrogens with two attached hydrogens (primary N) is 1. The third kappa shape index (κ3) is 3.45. The molecular weight excluding hydrogens is 258 g/mol. The molecule has 2 N–H and O–H groups in total. The van der Waals surface area contributed by atoms with Crippen LogP contribution in [0.25, 0.3) is 5.65 Å². The molecule has 7 heteroatoms. The monoisotopic (exact) mass is 271 g/mol. The van der Waals surface area contributed by atoms with Crippen LogP contribution in [0.2, 0.25) is 0 Å². The third-order valence-corrected chi connectivity index (χ3v) is 4.19. The maximum atomic E-state index is 10.8. The Hall–Kier alpha value is -1.05. The highest BCUT2D eigenvalue weighted by molar-refractivity contribution is 7.99. The first kappa shape index (κ1) is 12.4. The molecule has 17 heavy (non-hydrogen) atoms. The van der Waals surface area contributed by atoms with Gasteiger partial charge in [-0.05, 0) is 18.6 Å². The third-order valence-electron chi connectivity index (χ3n) is 2.21. The van der Waals surface area contributed by atoms with Gasteiger partial charge in [0.05, 0.1) is 10.8 Å². The molecule has 0 aromatic carbocycles. The summed E-state index contributed by atoms with van der Waals surface area (Å²) >= 11 is 1.60. The average molecular weight is 271 g/mol. The molecule has 0 saturated heterocycles. The van der Waals surface area contributed by atoms with Crippen molar-refractivity contribution in [3.8, 4) is 0 Å². The van der Waals surface area contributed by atoms with Gasteiger partial charge in [0.25, 0.3) is 0 Å². The van der Waals surface area contributed by atoms with E-state index in [1.165, 1.54) is 0 Å². The number of primary sulfonamides is 1. The summed E-state index contributed by atoms with van der Waals surface area (Å²) in [5.74, 6) is 0.744. The molecule has 0 spiro atoms. The van der Waals surface area contributed by atoms with Crippen LogP contribution in [0.4, 0.5) is 0 Å². The van der Waals surface area contributed by atoms with Crippen LogP contribution >= 0.6 is 11.8 Å². The molecule has 2 aromatic rings. The Bertz CT molecular complexity index is 607. The number of pyridine rings is 1. The second-order valence-corrected chi connectivity index (χ2v) is 6.44. The van der Waals surface area contributed by atoms with Gasteiger partial charge < -0.3 is 0 Å². The number of rotatable bonds is 5. The fourth-order valence-corrected chi connectivity index (χ4v) is 3.17. The number of sulfonamides is 1. The largest absolute Gasteiger partial charge is 0.294 e. The maximum absolute atomic E-state index is 10.8. The highest BCUT2D eigenvalue weighted by Crippen LogP contribution is 2.19. The predicted molar refractivity (Wildman–Crippen MR) is 68.5 cm³/mol. The lowest BCUT2D eigenvalue weighted by molar-refractivity contribution is 0.596. The molecule has 0 unspecified atom stereocenters. The van der Waals surface area contributed by atoms with E-state index < -0.39 is 10.0 Å². The molecule has 0 aliphatic carbocycles. The summed E-state index contributed by atoms with van der Waals surface area (Å²) in [6.07, 6.45) is 4.18. The predicted octanol–water partition coefficient (Wildman–Crippen LogP) is 1.11. The molecule has 0 saturated carbocycles. The second kappa shape index (κ2) is 5.07. The van der Waals surface area contributed by atoms with Crippen molar-refractivity contribution in [2.75, 3.05) is 11.5 Å². The van der Waals surface area contributed by atoms with E-state index in [0.29, 0.717) is 12.2 Å².